The molecule has 16 heteroatoms. The van der Waals surface area contributed by atoms with Crippen LogP contribution in [0.15, 0.2) is 42.5 Å². The SMILES string of the molecule is CCC12CNc3nnc(-c4cccc(Cl)c4O)cc3N1CCN(C(=O)C1(F)CCN(CC3CCN(c4ccc5c(c4)C4OC4N([C@H]4CCC(=O)NC4=O)C5)CC3)CC1)C2. The van der Waals surface area contributed by atoms with Crippen molar-refractivity contribution in [3.63, 3.8) is 0 Å². The van der Waals surface area contributed by atoms with Crippen molar-refractivity contribution in [2.45, 2.75) is 88.0 Å². The summed E-state index contributed by atoms with van der Waals surface area (Å²) in [6.45, 7) is 8.57. The number of para-hydroxylation sites is 1. The first kappa shape index (κ1) is 38.6. The van der Waals surface area contributed by atoms with E-state index in [1.54, 1.807) is 23.1 Å². The smallest absolute Gasteiger partial charge is 0.260 e. The molecule has 0 aliphatic carbocycles. The normalized spacial score (nSPS) is 28.2. The number of rotatable bonds is 7. The number of piperidine rings is 3. The van der Waals surface area contributed by atoms with E-state index < -0.39 is 17.1 Å². The summed E-state index contributed by atoms with van der Waals surface area (Å²) in [6, 6.07) is 13.3. The van der Waals surface area contributed by atoms with Gasteiger partial charge in [0, 0.05) is 96.0 Å². The summed E-state index contributed by atoms with van der Waals surface area (Å²) in [6.07, 6.45) is 3.95. The molecule has 7 aliphatic heterocycles. The van der Waals surface area contributed by atoms with Gasteiger partial charge < -0.3 is 34.8 Å². The molecule has 8 heterocycles. The molecule has 4 atom stereocenters. The number of carbonyl (C=O) groups is 3. The molecule has 3 unspecified atom stereocenters. The summed E-state index contributed by atoms with van der Waals surface area (Å²) in [5.74, 6) is 0.283. The zero-order valence-corrected chi connectivity index (χ0v) is 34.1. The van der Waals surface area contributed by atoms with E-state index in [1.165, 1.54) is 16.8 Å². The van der Waals surface area contributed by atoms with E-state index in [-0.39, 0.29) is 53.8 Å². The van der Waals surface area contributed by atoms with Gasteiger partial charge in [-0.1, -0.05) is 30.7 Å². The van der Waals surface area contributed by atoms with E-state index in [2.05, 4.69) is 65.6 Å². The summed E-state index contributed by atoms with van der Waals surface area (Å²) < 4.78 is 22.8. The van der Waals surface area contributed by atoms with Crippen molar-refractivity contribution < 1.29 is 28.6 Å². The maximum atomic E-state index is 16.7. The van der Waals surface area contributed by atoms with Crippen LogP contribution in [0.25, 0.3) is 11.3 Å². The Hall–Kier alpha value is -4.57. The second-order valence-corrected chi connectivity index (χ2v) is 18.0. The van der Waals surface area contributed by atoms with Crippen molar-refractivity contribution in [3.8, 4) is 17.0 Å². The molecule has 0 spiro atoms. The van der Waals surface area contributed by atoms with E-state index >= 15 is 4.39 Å². The number of fused-ring (bicyclic) bond motifs is 6. The predicted molar refractivity (Wildman–Crippen MR) is 220 cm³/mol. The number of nitrogens with zero attached hydrogens (tertiary/aromatic N) is 7. The fourth-order valence-corrected chi connectivity index (χ4v) is 10.8. The van der Waals surface area contributed by atoms with Gasteiger partial charge in [0.25, 0.3) is 5.91 Å². The number of alkyl halides is 1. The third-order valence-electron chi connectivity index (χ3n) is 14.2. The number of benzene rings is 2. The molecule has 2 aromatic carbocycles. The number of nitrogens with one attached hydrogen (secondary N) is 2. The molecule has 5 saturated heterocycles. The molecule has 0 bridgehead atoms. The van der Waals surface area contributed by atoms with Gasteiger partial charge in [-0.2, -0.15) is 0 Å². The molecule has 1 aromatic heterocycles. The highest BCUT2D eigenvalue weighted by molar-refractivity contribution is 6.32. The number of anilines is 3. The quantitative estimate of drug-likeness (QED) is 0.228. The maximum Gasteiger partial charge on any atom is 0.260 e. The van der Waals surface area contributed by atoms with E-state index in [1.807, 2.05) is 6.07 Å². The number of epoxide rings is 1. The van der Waals surface area contributed by atoms with Crippen LogP contribution >= 0.6 is 11.6 Å². The third-order valence-corrected chi connectivity index (χ3v) is 14.5. The molecule has 312 valence electrons. The maximum absolute atomic E-state index is 16.7. The molecule has 5 fully saturated rings. The second kappa shape index (κ2) is 14.9. The minimum Gasteiger partial charge on any atom is -0.506 e. The lowest BCUT2D eigenvalue weighted by molar-refractivity contribution is -0.149. The van der Waals surface area contributed by atoms with Gasteiger partial charge in [0.1, 0.15) is 18.1 Å². The zero-order chi connectivity index (χ0) is 40.6. The molecule has 3 aromatic rings. The monoisotopic (exact) mass is 827 g/mol. The van der Waals surface area contributed by atoms with Crippen molar-refractivity contribution in [1.29, 1.82) is 0 Å². The number of phenols is 1. The lowest BCUT2D eigenvalue weighted by Gasteiger charge is -2.55. The van der Waals surface area contributed by atoms with Gasteiger partial charge in [-0.3, -0.25) is 24.6 Å². The molecule has 3 amide bonds. The standard InChI is InChI=1S/C43H51ClFN9O5/c1-2-42-24-46-38-34(21-32(48-49-38)29-4-3-5-31(44)36(29)56)54(42)19-18-52(25-42)41(58)43(45)12-16-50(17-13-43)22-26-10-14-51(15-11-26)28-7-6-27-23-53(40-37(59-40)30(27)20-28)33-8-9-35(55)47-39(33)57/h3-7,20-21,26,33,37,40,56H,2,8-19,22-25H2,1H3,(H,46,49)(H,47,55,57)/t33-,37?,40?,42?/m0/s1. The van der Waals surface area contributed by atoms with Gasteiger partial charge in [-0.25, -0.2) is 4.39 Å². The number of amides is 3. The Morgan fingerprint density at radius 3 is 2.63 bits per heavy atom. The Bertz CT molecular complexity index is 2180. The second-order valence-electron chi connectivity index (χ2n) is 17.6. The summed E-state index contributed by atoms with van der Waals surface area (Å²) in [7, 11) is 0. The number of phenolic OH excluding ortho intramolecular Hbond substituents is 1. The van der Waals surface area contributed by atoms with Gasteiger partial charge in [0.2, 0.25) is 11.8 Å². The summed E-state index contributed by atoms with van der Waals surface area (Å²) in [4.78, 5) is 49.2. The summed E-state index contributed by atoms with van der Waals surface area (Å²) in [5.41, 5.74) is 3.07. The minimum absolute atomic E-state index is 0.0452. The number of halogens is 2. The Morgan fingerprint density at radius 1 is 1.03 bits per heavy atom. The van der Waals surface area contributed by atoms with Crippen LogP contribution in [0.3, 0.4) is 0 Å². The number of ether oxygens (including phenoxy) is 1. The van der Waals surface area contributed by atoms with Gasteiger partial charge in [-0.15, -0.1) is 10.2 Å². The number of piperazine rings is 1. The molecule has 3 N–H and O–H groups in total. The number of likely N-dealkylation sites (tertiary alicyclic amines) is 1. The Labute approximate surface area is 348 Å². The highest BCUT2D eigenvalue weighted by Crippen LogP contribution is 2.50. The van der Waals surface area contributed by atoms with Crippen LogP contribution in [0.4, 0.5) is 21.6 Å². The van der Waals surface area contributed by atoms with E-state index in [4.69, 9.17) is 16.3 Å². The lowest BCUT2D eigenvalue weighted by atomic mass is 9.85. The summed E-state index contributed by atoms with van der Waals surface area (Å²) in [5, 5.41) is 25.6. The Kier molecular flexibility index (Phi) is 9.72. The molecule has 10 rings (SSSR count). The zero-order valence-electron chi connectivity index (χ0n) is 33.3. The largest absolute Gasteiger partial charge is 0.506 e. The molecule has 59 heavy (non-hydrogen) atoms. The molecule has 7 aliphatic rings. The fourth-order valence-electron chi connectivity index (χ4n) is 10.6. The van der Waals surface area contributed by atoms with Crippen LogP contribution in [-0.4, -0.2) is 130 Å². The van der Waals surface area contributed by atoms with Gasteiger partial charge in [-0.05, 0) is 73.1 Å². The van der Waals surface area contributed by atoms with Gasteiger partial charge in [0.15, 0.2) is 11.5 Å². The molecular formula is C43H51ClFN9O5. The Balaban J connectivity index is 0.721. The minimum atomic E-state index is -1.88. The number of hydrogen-bond donors (Lipinski definition) is 3. The number of hydrogen-bond acceptors (Lipinski definition) is 12. The van der Waals surface area contributed by atoms with E-state index in [0.29, 0.717) is 81.6 Å². The van der Waals surface area contributed by atoms with E-state index in [0.717, 1.165) is 44.6 Å². The predicted octanol–water partition coefficient (Wildman–Crippen LogP) is 4.46. The van der Waals surface area contributed by atoms with E-state index in [9.17, 15) is 19.5 Å². The average molecular weight is 828 g/mol. The van der Waals surface area contributed by atoms with Crippen LogP contribution < -0.4 is 20.4 Å². The summed E-state index contributed by atoms with van der Waals surface area (Å²) >= 11 is 6.19. The first-order valence-electron chi connectivity index (χ1n) is 21.2. The van der Waals surface area contributed by atoms with Crippen LogP contribution in [0, 0.1) is 5.92 Å². The topological polar surface area (TPSA) is 150 Å². The first-order chi connectivity index (χ1) is 28.5. The third kappa shape index (κ3) is 6.87. The molecule has 14 nitrogen and oxygen atoms in total. The average Bonchev–Trinajstić information content (AvgIpc) is 4.07. The lowest BCUT2D eigenvalue weighted by Crippen LogP contribution is -2.69. The van der Waals surface area contributed by atoms with Crippen molar-refractivity contribution >= 4 is 46.5 Å². The number of imide groups is 1. The van der Waals surface area contributed by atoms with Crippen molar-refractivity contribution in [1.82, 2.24) is 30.2 Å². The van der Waals surface area contributed by atoms with Crippen molar-refractivity contribution in [3.05, 3.63) is 58.6 Å². The molecule has 0 saturated carbocycles. The highest BCUT2D eigenvalue weighted by atomic mass is 35.5. The molecule has 0 radical (unpaired) electrons. The van der Waals surface area contributed by atoms with Crippen LogP contribution in [-0.2, 0) is 25.7 Å². The Morgan fingerprint density at radius 2 is 1.85 bits per heavy atom. The van der Waals surface area contributed by atoms with Crippen molar-refractivity contribution in [2.24, 2.45) is 5.92 Å². The number of aromatic nitrogens is 2. The first-order valence-corrected chi connectivity index (χ1v) is 21.6. The fraction of sp³-hybridized carbons (Fsp3) is 0.558. The van der Waals surface area contributed by atoms with Crippen LogP contribution in [0.1, 0.15) is 69.1 Å². The van der Waals surface area contributed by atoms with Gasteiger partial charge in [0.05, 0.1) is 28.0 Å². The van der Waals surface area contributed by atoms with Crippen LogP contribution in [0.2, 0.25) is 5.02 Å². The number of aromatic hydroxyl groups is 1. The van der Waals surface area contributed by atoms with Crippen LogP contribution in [0.5, 0.6) is 5.75 Å². The van der Waals surface area contributed by atoms with Gasteiger partial charge >= 0.3 is 0 Å². The highest BCUT2D eigenvalue weighted by Gasteiger charge is 2.54. The van der Waals surface area contributed by atoms with Crippen molar-refractivity contribution in [2.75, 3.05) is 74.0 Å². The number of carbonyl (C=O) groups excluding carboxylic acids is 3. The molecular weight excluding hydrogens is 777 g/mol.